The summed E-state index contributed by atoms with van der Waals surface area (Å²) < 4.78 is 13.3. The minimum atomic E-state index is -0.830. The number of nitrogens with zero attached hydrogens (tertiary/aromatic N) is 1. The fourth-order valence-corrected chi connectivity index (χ4v) is 1.91. The van der Waals surface area contributed by atoms with Crippen LogP contribution in [0.25, 0.3) is 0 Å². The lowest BCUT2D eigenvalue weighted by atomic mass is 10.2. The Hall–Kier alpha value is -1.65. The molecule has 1 N–H and O–H groups in total. The van der Waals surface area contributed by atoms with Crippen LogP contribution in [0, 0.1) is 5.95 Å². The van der Waals surface area contributed by atoms with Crippen molar-refractivity contribution in [2.75, 3.05) is 5.32 Å². The average molecular weight is 285 g/mol. The number of anilines is 1. The molecule has 1 aromatic carbocycles. The van der Waals surface area contributed by atoms with Gasteiger partial charge < -0.3 is 5.32 Å². The molecule has 0 radical (unpaired) electrons. The molecule has 0 aliphatic carbocycles. The lowest BCUT2D eigenvalue weighted by Crippen LogP contribution is -2.14. The highest BCUT2D eigenvalue weighted by atomic mass is 35.5. The van der Waals surface area contributed by atoms with E-state index in [0.717, 1.165) is 0 Å². The molecule has 0 spiro atoms. The highest BCUT2D eigenvalue weighted by Crippen LogP contribution is 2.23. The van der Waals surface area contributed by atoms with Crippen LogP contribution in [0.5, 0.6) is 0 Å². The molecular formula is C12H7Cl2FN2O. The number of carbonyl (C=O) groups is 1. The first-order valence-corrected chi connectivity index (χ1v) is 5.70. The number of nitrogens with one attached hydrogen (secondary N) is 1. The molecule has 0 saturated carbocycles. The van der Waals surface area contributed by atoms with Crippen LogP contribution in [-0.2, 0) is 0 Å². The average Bonchev–Trinajstić information content (AvgIpc) is 2.27. The first-order valence-electron chi connectivity index (χ1n) is 4.94. The second kappa shape index (κ2) is 5.33. The molecule has 0 fully saturated rings. The number of rotatable bonds is 2. The van der Waals surface area contributed by atoms with E-state index in [1.54, 1.807) is 0 Å². The first-order chi connectivity index (χ1) is 8.56. The van der Waals surface area contributed by atoms with Crippen LogP contribution in [-0.4, -0.2) is 10.9 Å². The summed E-state index contributed by atoms with van der Waals surface area (Å²) in [5.41, 5.74) is 0.245. The Labute approximate surface area is 113 Å². The van der Waals surface area contributed by atoms with Gasteiger partial charge in [0.1, 0.15) is 0 Å². The van der Waals surface area contributed by atoms with Crippen LogP contribution in [0.2, 0.25) is 10.0 Å². The number of halogens is 3. The van der Waals surface area contributed by atoms with Gasteiger partial charge in [0.2, 0.25) is 5.95 Å². The highest BCUT2D eigenvalue weighted by Gasteiger charge is 2.12. The summed E-state index contributed by atoms with van der Waals surface area (Å²) in [4.78, 5) is 15.2. The Balaban J connectivity index is 2.24. The van der Waals surface area contributed by atoms with Gasteiger partial charge in [-0.25, -0.2) is 4.98 Å². The van der Waals surface area contributed by atoms with Crippen molar-refractivity contribution in [3.8, 4) is 0 Å². The maximum atomic E-state index is 13.3. The van der Waals surface area contributed by atoms with Crippen LogP contribution in [0.15, 0.2) is 36.5 Å². The third-order valence-electron chi connectivity index (χ3n) is 2.12. The van der Waals surface area contributed by atoms with Gasteiger partial charge in [-0.2, -0.15) is 4.39 Å². The smallest absolute Gasteiger partial charge is 0.260 e. The molecule has 0 unspecified atom stereocenters. The molecule has 0 saturated heterocycles. The first kappa shape index (κ1) is 12.8. The maximum Gasteiger partial charge on any atom is 0.260 e. The third kappa shape index (κ3) is 2.97. The van der Waals surface area contributed by atoms with Gasteiger partial charge in [-0.1, -0.05) is 23.2 Å². The van der Waals surface area contributed by atoms with E-state index in [-0.39, 0.29) is 5.56 Å². The second-order valence-corrected chi connectivity index (χ2v) is 4.33. The molecule has 0 aliphatic rings. The molecule has 1 aromatic heterocycles. The topological polar surface area (TPSA) is 42.0 Å². The summed E-state index contributed by atoms with van der Waals surface area (Å²) in [5, 5.41) is 3.25. The quantitative estimate of drug-likeness (QED) is 0.853. The Bertz CT molecular complexity index is 584. The standard InChI is InChI=1S/C12H7Cl2FN2O/c13-7-4-8(14)6-9(5-7)17-12(18)10-2-1-3-16-11(10)15/h1-6H,(H,17,18). The van der Waals surface area contributed by atoms with Crippen molar-refractivity contribution >= 4 is 34.8 Å². The summed E-state index contributed by atoms with van der Waals surface area (Å²) in [6.07, 6.45) is 1.27. The van der Waals surface area contributed by atoms with Crippen LogP contribution < -0.4 is 5.32 Å². The van der Waals surface area contributed by atoms with Crippen molar-refractivity contribution in [2.45, 2.75) is 0 Å². The van der Waals surface area contributed by atoms with Gasteiger partial charge in [-0.3, -0.25) is 4.79 Å². The van der Waals surface area contributed by atoms with Gasteiger partial charge >= 0.3 is 0 Å². The van der Waals surface area contributed by atoms with Gasteiger partial charge in [0.25, 0.3) is 5.91 Å². The van der Waals surface area contributed by atoms with Crippen molar-refractivity contribution in [2.24, 2.45) is 0 Å². The number of carbonyl (C=O) groups excluding carboxylic acids is 1. The van der Waals surface area contributed by atoms with Gasteiger partial charge in [0, 0.05) is 21.9 Å². The van der Waals surface area contributed by atoms with E-state index < -0.39 is 11.9 Å². The monoisotopic (exact) mass is 284 g/mol. The number of aromatic nitrogens is 1. The Morgan fingerprint density at radius 3 is 2.50 bits per heavy atom. The van der Waals surface area contributed by atoms with E-state index in [1.807, 2.05) is 0 Å². The van der Waals surface area contributed by atoms with Crippen molar-refractivity contribution in [3.63, 3.8) is 0 Å². The Morgan fingerprint density at radius 2 is 1.89 bits per heavy atom. The van der Waals surface area contributed by atoms with E-state index in [0.29, 0.717) is 15.7 Å². The van der Waals surface area contributed by atoms with Crippen molar-refractivity contribution in [3.05, 3.63) is 58.1 Å². The molecule has 6 heteroatoms. The second-order valence-electron chi connectivity index (χ2n) is 3.45. The SMILES string of the molecule is O=C(Nc1cc(Cl)cc(Cl)c1)c1cccnc1F. The molecule has 0 aliphatic heterocycles. The number of amides is 1. The van der Waals surface area contributed by atoms with Crippen molar-refractivity contribution in [1.29, 1.82) is 0 Å². The van der Waals surface area contributed by atoms with Crippen LogP contribution in [0.3, 0.4) is 0 Å². The lowest BCUT2D eigenvalue weighted by Gasteiger charge is -2.06. The minimum absolute atomic E-state index is 0.145. The maximum absolute atomic E-state index is 13.3. The summed E-state index contributed by atoms with van der Waals surface area (Å²) in [5.74, 6) is -1.44. The Kier molecular flexibility index (Phi) is 3.79. The molecule has 1 amide bonds. The van der Waals surface area contributed by atoms with Gasteiger partial charge in [-0.15, -0.1) is 0 Å². The van der Waals surface area contributed by atoms with Crippen molar-refractivity contribution < 1.29 is 9.18 Å². The van der Waals surface area contributed by atoms with E-state index in [2.05, 4.69) is 10.3 Å². The predicted molar refractivity (Wildman–Crippen MR) is 68.6 cm³/mol. The Morgan fingerprint density at radius 1 is 1.22 bits per heavy atom. The fraction of sp³-hybridized carbons (Fsp3) is 0. The predicted octanol–water partition coefficient (Wildman–Crippen LogP) is 3.78. The van der Waals surface area contributed by atoms with Crippen LogP contribution in [0.1, 0.15) is 10.4 Å². The zero-order valence-electron chi connectivity index (χ0n) is 8.95. The van der Waals surface area contributed by atoms with Crippen LogP contribution in [0.4, 0.5) is 10.1 Å². The number of hydrogen-bond donors (Lipinski definition) is 1. The van der Waals surface area contributed by atoms with E-state index in [1.165, 1.54) is 36.5 Å². The molecule has 2 aromatic rings. The molecule has 1 heterocycles. The van der Waals surface area contributed by atoms with Gasteiger partial charge in [0.05, 0.1) is 5.56 Å². The molecular weight excluding hydrogens is 278 g/mol. The molecule has 92 valence electrons. The zero-order chi connectivity index (χ0) is 13.1. The summed E-state index contributed by atoms with van der Waals surface area (Å²) in [6.45, 7) is 0. The van der Waals surface area contributed by atoms with E-state index in [9.17, 15) is 9.18 Å². The molecule has 3 nitrogen and oxygen atoms in total. The zero-order valence-corrected chi connectivity index (χ0v) is 10.5. The van der Waals surface area contributed by atoms with Crippen LogP contribution >= 0.6 is 23.2 Å². The summed E-state index contributed by atoms with van der Waals surface area (Å²) >= 11 is 11.6. The number of benzene rings is 1. The van der Waals surface area contributed by atoms with E-state index >= 15 is 0 Å². The molecule has 0 atom stereocenters. The largest absolute Gasteiger partial charge is 0.322 e. The molecule has 18 heavy (non-hydrogen) atoms. The number of pyridine rings is 1. The number of hydrogen-bond acceptors (Lipinski definition) is 2. The minimum Gasteiger partial charge on any atom is -0.322 e. The van der Waals surface area contributed by atoms with E-state index in [4.69, 9.17) is 23.2 Å². The fourth-order valence-electron chi connectivity index (χ4n) is 1.38. The summed E-state index contributed by atoms with van der Waals surface area (Å²) in [7, 11) is 0. The molecule has 0 bridgehead atoms. The van der Waals surface area contributed by atoms with Gasteiger partial charge in [-0.05, 0) is 30.3 Å². The van der Waals surface area contributed by atoms with Gasteiger partial charge in [0.15, 0.2) is 0 Å². The normalized spacial score (nSPS) is 10.2. The third-order valence-corrected chi connectivity index (χ3v) is 2.56. The van der Waals surface area contributed by atoms with Crippen molar-refractivity contribution in [1.82, 2.24) is 4.98 Å². The molecule has 2 rings (SSSR count). The summed E-state index contributed by atoms with van der Waals surface area (Å²) in [6, 6.07) is 7.37. The lowest BCUT2D eigenvalue weighted by molar-refractivity contribution is 0.102. The highest BCUT2D eigenvalue weighted by molar-refractivity contribution is 6.35.